The zero-order valence-corrected chi connectivity index (χ0v) is 14.3. The molecule has 0 amide bonds. The molecule has 0 atom stereocenters. The minimum Gasteiger partial charge on any atom is -0.265 e. The van der Waals surface area contributed by atoms with Gasteiger partial charge in [0.05, 0.1) is 0 Å². The number of pyridine rings is 1. The summed E-state index contributed by atoms with van der Waals surface area (Å²) in [6.07, 6.45) is 3.73. The van der Waals surface area contributed by atoms with Crippen LogP contribution in [0.1, 0.15) is 0 Å². The molecule has 0 bridgehead atoms. The van der Waals surface area contributed by atoms with Gasteiger partial charge in [-0.2, -0.15) is 0 Å². The molecule has 0 fully saturated rings. The third-order valence-corrected chi connectivity index (χ3v) is 4.96. The summed E-state index contributed by atoms with van der Waals surface area (Å²) in [5.41, 5.74) is 5.03. The Morgan fingerprint density at radius 1 is 0.385 bits per heavy atom. The maximum Gasteiger partial charge on any atom is 0.0273 e. The molecule has 4 aromatic carbocycles. The maximum atomic E-state index is 4.20. The van der Waals surface area contributed by atoms with Gasteiger partial charge >= 0.3 is 0 Å². The van der Waals surface area contributed by atoms with Crippen LogP contribution in [0.4, 0.5) is 0 Å². The van der Waals surface area contributed by atoms with E-state index in [-0.39, 0.29) is 0 Å². The SMILES string of the molecule is c1ccc(-c2c3ccccc3c(-c3ccncc3)c3ccccc23)cc1. The van der Waals surface area contributed by atoms with Crippen molar-refractivity contribution >= 4 is 21.5 Å². The van der Waals surface area contributed by atoms with Crippen molar-refractivity contribution in [3.8, 4) is 22.3 Å². The summed E-state index contributed by atoms with van der Waals surface area (Å²) < 4.78 is 0. The normalized spacial score (nSPS) is 11.1. The molecule has 0 aliphatic heterocycles. The first-order valence-corrected chi connectivity index (χ1v) is 8.83. The molecule has 0 aliphatic carbocycles. The molecule has 5 rings (SSSR count). The summed E-state index contributed by atoms with van der Waals surface area (Å²) in [4.78, 5) is 4.20. The van der Waals surface area contributed by atoms with E-state index < -0.39 is 0 Å². The largest absolute Gasteiger partial charge is 0.265 e. The molecule has 5 aromatic rings. The Hall–Kier alpha value is -3.45. The van der Waals surface area contributed by atoms with Crippen molar-refractivity contribution in [3.05, 3.63) is 103 Å². The Balaban J connectivity index is 2.02. The molecular weight excluding hydrogens is 314 g/mol. The molecule has 0 saturated carbocycles. The van der Waals surface area contributed by atoms with Gasteiger partial charge in [0, 0.05) is 12.4 Å². The number of hydrogen-bond donors (Lipinski definition) is 0. The molecule has 1 heteroatoms. The van der Waals surface area contributed by atoms with Gasteiger partial charge < -0.3 is 0 Å². The standard InChI is InChI=1S/C25H17N/c1-2-8-18(9-3-1)24-20-10-4-6-12-22(20)25(19-14-16-26-17-15-19)23-13-7-5-11-21(23)24/h1-17H. The van der Waals surface area contributed by atoms with Crippen LogP contribution in [0.15, 0.2) is 103 Å². The highest BCUT2D eigenvalue weighted by Gasteiger charge is 2.15. The number of benzene rings is 4. The fraction of sp³-hybridized carbons (Fsp3) is 0. The smallest absolute Gasteiger partial charge is 0.0273 e. The van der Waals surface area contributed by atoms with Gasteiger partial charge in [-0.25, -0.2) is 0 Å². The van der Waals surface area contributed by atoms with E-state index in [9.17, 15) is 0 Å². The lowest BCUT2D eigenvalue weighted by molar-refractivity contribution is 1.33. The van der Waals surface area contributed by atoms with Gasteiger partial charge in [0.2, 0.25) is 0 Å². The summed E-state index contributed by atoms with van der Waals surface area (Å²) in [5.74, 6) is 0. The van der Waals surface area contributed by atoms with Crippen LogP contribution in [-0.4, -0.2) is 4.98 Å². The predicted octanol–water partition coefficient (Wildman–Crippen LogP) is 6.72. The molecule has 0 saturated heterocycles. The average molecular weight is 331 g/mol. The molecule has 1 aromatic heterocycles. The summed E-state index contributed by atoms with van der Waals surface area (Å²) >= 11 is 0. The number of nitrogens with zero attached hydrogens (tertiary/aromatic N) is 1. The van der Waals surface area contributed by atoms with Crippen molar-refractivity contribution in [1.82, 2.24) is 4.98 Å². The number of rotatable bonds is 2. The van der Waals surface area contributed by atoms with E-state index in [1.54, 1.807) is 0 Å². The van der Waals surface area contributed by atoms with Crippen LogP contribution in [0.2, 0.25) is 0 Å². The van der Waals surface area contributed by atoms with Gasteiger partial charge in [0.15, 0.2) is 0 Å². The van der Waals surface area contributed by atoms with Crippen molar-refractivity contribution in [2.24, 2.45) is 0 Å². The fourth-order valence-corrected chi connectivity index (χ4v) is 3.87. The topological polar surface area (TPSA) is 12.9 Å². The molecular formula is C25H17N. The van der Waals surface area contributed by atoms with Crippen LogP contribution in [0.25, 0.3) is 43.8 Å². The monoisotopic (exact) mass is 331 g/mol. The van der Waals surface area contributed by atoms with Gasteiger partial charge in [-0.1, -0.05) is 78.9 Å². The van der Waals surface area contributed by atoms with E-state index in [1.165, 1.54) is 43.8 Å². The second-order valence-electron chi connectivity index (χ2n) is 6.44. The molecule has 1 nitrogen and oxygen atoms in total. The molecule has 0 unspecified atom stereocenters. The van der Waals surface area contributed by atoms with Crippen LogP contribution in [-0.2, 0) is 0 Å². The highest BCUT2D eigenvalue weighted by Crippen LogP contribution is 2.43. The van der Waals surface area contributed by atoms with Crippen molar-refractivity contribution < 1.29 is 0 Å². The van der Waals surface area contributed by atoms with Gasteiger partial charge in [-0.3, -0.25) is 4.98 Å². The van der Waals surface area contributed by atoms with Crippen LogP contribution in [0.3, 0.4) is 0 Å². The van der Waals surface area contributed by atoms with Gasteiger partial charge in [-0.05, 0) is 55.9 Å². The van der Waals surface area contributed by atoms with Crippen LogP contribution in [0.5, 0.6) is 0 Å². The van der Waals surface area contributed by atoms with E-state index in [0.717, 1.165) is 0 Å². The van der Waals surface area contributed by atoms with Crippen LogP contribution < -0.4 is 0 Å². The van der Waals surface area contributed by atoms with E-state index >= 15 is 0 Å². The van der Waals surface area contributed by atoms with Crippen LogP contribution >= 0.6 is 0 Å². The Labute approximate surface area is 152 Å². The molecule has 0 aliphatic rings. The fourth-order valence-electron chi connectivity index (χ4n) is 3.87. The van der Waals surface area contributed by atoms with E-state index in [0.29, 0.717) is 0 Å². The molecule has 0 spiro atoms. The summed E-state index contributed by atoms with van der Waals surface area (Å²) in [6, 6.07) is 32.3. The van der Waals surface area contributed by atoms with E-state index in [1.807, 2.05) is 12.4 Å². The molecule has 26 heavy (non-hydrogen) atoms. The third kappa shape index (κ3) is 2.29. The molecule has 0 radical (unpaired) electrons. The molecule has 1 heterocycles. The minimum absolute atomic E-state index is 1.20. The zero-order valence-electron chi connectivity index (χ0n) is 14.3. The Morgan fingerprint density at radius 3 is 1.23 bits per heavy atom. The van der Waals surface area contributed by atoms with Crippen molar-refractivity contribution in [2.45, 2.75) is 0 Å². The first kappa shape index (κ1) is 14.9. The summed E-state index contributed by atoms with van der Waals surface area (Å²) in [7, 11) is 0. The Bertz CT molecular complexity index is 1050. The third-order valence-electron chi connectivity index (χ3n) is 4.96. The van der Waals surface area contributed by atoms with Crippen molar-refractivity contribution in [2.75, 3.05) is 0 Å². The number of aromatic nitrogens is 1. The van der Waals surface area contributed by atoms with Crippen molar-refractivity contribution in [1.29, 1.82) is 0 Å². The summed E-state index contributed by atoms with van der Waals surface area (Å²) in [5, 5.41) is 5.11. The molecule has 0 N–H and O–H groups in total. The van der Waals surface area contributed by atoms with Gasteiger partial charge in [-0.15, -0.1) is 0 Å². The second-order valence-corrected chi connectivity index (χ2v) is 6.44. The van der Waals surface area contributed by atoms with Gasteiger partial charge in [0.25, 0.3) is 0 Å². The quantitative estimate of drug-likeness (QED) is 0.327. The predicted molar refractivity (Wildman–Crippen MR) is 110 cm³/mol. The molecule has 122 valence electrons. The first-order chi connectivity index (χ1) is 12.9. The average Bonchev–Trinajstić information content (AvgIpc) is 2.73. The zero-order chi connectivity index (χ0) is 17.3. The highest BCUT2D eigenvalue weighted by atomic mass is 14.6. The maximum absolute atomic E-state index is 4.20. The number of hydrogen-bond acceptors (Lipinski definition) is 1. The lowest BCUT2D eigenvalue weighted by Crippen LogP contribution is -1.90. The Morgan fingerprint density at radius 2 is 0.769 bits per heavy atom. The van der Waals surface area contributed by atoms with Crippen molar-refractivity contribution in [3.63, 3.8) is 0 Å². The van der Waals surface area contributed by atoms with Crippen LogP contribution in [0, 0.1) is 0 Å². The second kappa shape index (κ2) is 6.12. The Kier molecular flexibility index (Phi) is 3.50. The lowest BCUT2D eigenvalue weighted by atomic mass is 9.86. The van der Waals surface area contributed by atoms with E-state index in [2.05, 4.69) is 96.0 Å². The minimum atomic E-state index is 1.20. The number of fused-ring (bicyclic) bond motifs is 2. The van der Waals surface area contributed by atoms with Gasteiger partial charge in [0.1, 0.15) is 0 Å². The highest BCUT2D eigenvalue weighted by molar-refractivity contribution is 6.21. The summed E-state index contributed by atoms with van der Waals surface area (Å²) in [6.45, 7) is 0. The van der Waals surface area contributed by atoms with E-state index in [4.69, 9.17) is 0 Å². The lowest BCUT2D eigenvalue weighted by Gasteiger charge is -2.17. The first-order valence-electron chi connectivity index (χ1n) is 8.83.